The van der Waals surface area contributed by atoms with E-state index in [1.165, 1.54) is 0 Å². The maximum Gasteiger partial charge on any atom is 0.130 e. The van der Waals surface area contributed by atoms with Gasteiger partial charge in [0.15, 0.2) is 0 Å². The van der Waals surface area contributed by atoms with Gasteiger partial charge in [-0.15, -0.1) is 0 Å². The smallest absolute Gasteiger partial charge is 0.130 e. The van der Waals surface area contributed by atoms with Crippen molar-refractivity contribution in [1.29, 1.82) is 0 Å². The normalized spacial score (nSPS) is 12.4. The quantitative estimate of drug-likeness (QED) is 0.804. The highest BCUT2D eigenvalue weighted by molar-refractivity contribution is 5.91. The van der Waals surface area contributed by atoms with E-state index in [1.54, 1.807) is 20.1 Å². The number of benzene rings is 2. The van der Waals surface area contributed by atoms with Gasteiger partial charge in [-0.25, -0.2) is 0 Å². The molecule has 2 aromatic rings. The summed E-state index contributed by atoms with van der Waals surface area (Å²) >= 11 is 0. The van der Waals surface area contributed by atoms with E-state index in [-0.39, 0.29) is 0 Å². The molecule has 0 aromatic heterocycles. The molecule has 2 aromatic carbocycles. The van der Waals surface area contributed by atoms with Crippen LogP contribution in [0.5, 0.6) is 5.75 Å². The van der Waals surface area contributed by atoms with Crippen LogP contribution in [0, 0.1) is 0 Å². The fourth-order valence-corrected chi connectivity index (χ4v) is 1.96. The number of methoxy groups -OCH3 is 1. The van der Waals surface area contributed by atoms with E-state index in [9.17, 15) is 9.90 Å². The molecule has 0 bridgehead atoms. The minimum atomic E-state index is -1.10. The molecule has 0 radical (unpaired) electrons. The summed E-state index contributed by atoms with van der Waals surface area (Å²) in [5.74, 6) is -1.17. The summed E-state index contributed by atoms with van der Waals surface area (Å²) in [6, 6.07) is 11.4. The average molecular weight is 229 g/mol. The second-order valence-electron chi connectivity index (χ2n) is 3.95. The monoisotopic (exact) mass is 229 g/mol. The average Bonchev–Trinajstić information content (AvgIpc) is 2.36. The topological polar surface area (TPSA) is 49.4 Å². The number of carboxylic acid groups (broad SMARTS) is 1. The van der Waals surface area contributed by atoms with E-state index in [1.807, 2.05) is 30.3 Å². The van der Waals surface area contributed by atoms with E-state index < -0.39 is 11.9 Å². The number of hydrogen-bond acceptors (Lipinski definition) is 3. The molecule has 2 rings (SSSR count). The van der Waals surface area contributed by atoms with Crippen molar-refractivity contribution in [3.8, 4) is 5.75 Å². The number of carbonyl (C=O) groups excluding carboxylic acids is 1. The zero-order chi connectivity index (χ0) is 12.4. The zero-order valence-electron chi connectivity index (χ0n) is 9.77. The van der Waals surface area contributed by atoms with Gasteiger partial charge in [0, 0.05) is 22.8 Å². The molecule has 0 saturated heterocycles. The third kappa shape index (κ3) is 1.96. The number of carbonyl (C=O) groups is 1. The highest BCUT2D eigenvalue weighted by atomic mass is 16.5. The van der Waals surface area contributed by atoms with Crippen molar-refractivity contribution < 1.29 is 14.6 Å². The molecule has 3 nitrogen and oxygen atoms in total. The predicted molar refractivity (Wildman–Crippen MR) is 63.9 cm³/mol. The summed E-state index contributed by atoms with van der Waals surface area (Å²) in [5, 5.41) is 12.9. The molecule has 0 fully saturated rings. The molecule has 0 heterocycles. The first-order chi connectivity index (χ1) is 8.15. The molecular weight excluding hydrogens is 216 g/mol. The van der Waals surface area contributed by atoms with E-state index in [4.69, 9.17) is 4.74 Å². The van der Waals surface area contributed by atoms with E-state index in [0.717, 1.165) is 10.8 Å². The Morgan fingerprint density at radius 2 is 1.94 bits per heavy atom. The largest absolute Gasteiger partial charge is 0.550 e. The fourth-order valence-electron chi connectivity index (χ4n) is 1.96. The Kier molecular flexibility index (Phi) is 3.00. The highest BCUT2D eigenvalue weighted by Gasteiger charge is 2.14. The lowest BCUT2D eigenvalue weighted by atomic mass is 9.96. The summed E-state index contributed by atoms with van der Waals surface area (Å²) in [5.41, 5.74) is 0.645. The minimum Gasteiger partial charge on any atom is -0.550 e. The Balaban J connectivity index is 2.69. The molecule has 88 valence electrons. The summed E-state index contributed by atoms with van der Waals surface area (Å²) in [6.07, 6.45) is 0. The van der Waals surface area contributed by atoms with Crippen molar-refractivity contribution in [3.63, 3.8) is 0 Å². The maximum atomic E-state index is 10.9. The molecular formula is C14H13O3-. The van der Waals surface area contributed by atoms with Crippen molar-refractivity contribution in [1.82, 2.24) is 0 Å². The maximum absolute atomic E-state index is 10.9. The molecule has 0 amide bonds. The molecule has 0 aliphatic carbocycles. The van der Waals surface area contributed by atoms with Gasteiger partial charge in [0.05, 0.1) is 7.11 Å². The number of ether oxygens (including phenoxy) is 1. The number of rotatable bonds is 3. The van der Waals surface area contributed by atoms with Crippen LogP contribution < -0.4 is 9.84 Å². The van der Waals surface area contributed by atoms with Crippen LogP contribution >= 0.6 is 0 Å². The standard InChI is InChI=1S/C14H14O3/c1-9(14(15)16)11-8-7-10-5-3-4-6-12(10)13(11)17-2/h3-9H,1-2H3,(H,15,16)/p-1. The molecule has 0 aliphatic heterocycles. The zero-order valence-corrected chi connectivity index (χ0v) is 9.77. The first kappa shape index (κ1) is 11.5. The molecule has 0 saturated carbocycles. The summed E-state index contributed by atoms with van der Waals surface area (Å²) in [7, 11) is 1.55. The predicted octanol–water partition coefficient (Wildman–Crippen LogP) is 1.70. The number of aliphatic carboxylic acids is 1. The lowest BCUT2D eigenvalue weighted by molar-refractivity contribution is -0.307. The van der Waals surface area contributed by atoms with Crippen LogP contribution in [-0.2, 0) is 4.79 Å². The second kappa shape index (κ2) is 4.45. The van der Waals surface area contributed by atoms with Crippen LogP contribution in [-0.4, -0.2) is 13.1 Å². The molecule has 0 aliphatic rings. The molecule has 3 heteroatoms. The Bertz CT molecular complexity index is 560. The van der Waals surface area contributed by atoms with Crippen molar-refractivity contribution >= 4 is 16.7 Å². The first-order valence-electron chi connectivity index (χ1n) is 5.41. The molecule has 17 heavy (non-hydrogen) atoms. The highest BCUT2D eigenvalue weighted by Crippen LogP contribution is 2.33. The summed E-state index contributed by atoms with van der Waals surface area (Å²) in [4.78, 5) is 10.9. The van der Waals surface area contributed by atoms with E-state index >= 15 is 0 Å². The summed E-state index contributed by atoms with van der Waals surface area (Å²) < 4.78 is 5.34. The fraction of sp³-hybridized carbons (Fsp3) is 0.214. The van der Waals surface area contributed by atoms with Gasteiger partial charge in [0.25, 0.3) is 0 Å². The van der Waals surface area contributed by atoms with Gasteiger partial charge in [0.2, 0.25) is 0 Å². The first-order valence-corrected chi connectivity index (χ1v) is 5.41. The third-order valence-corrected chi connectivity index (χ3v) is 2.93. The Hall–Kier alpha value is -2.03. The van der Waals surface area contributed by atoms with Crippen LogP contribution in [0.15, 0.2) is 36.4 Å². The second-order valence-corrected chi connectivity index (χ2v) is 3.95. The van der Waals surface area contributed by atoms with Gasteiger partial charge in [-0.2, -0.15) is 0 Å². The van der Waals surface area contributed by atoms with Crippen LogP contribution in [0.2, 0.25) is 0 Å². The number of hydrogen-bond donors (Lipinski definition) is 0. The van der Waals surface area contributed by atoms with Gasteiger partial charge in [-0.3, -0.25) is 0 Å². The van der Waals surface area contributed by atoms with Gasteiger partial charge >= 0.3 is 0 Å². The van der Waals surface area contributed by atoms with Crippen molar-refractivity contribution in [2.45, 2.75) is 12.8 Å². The molecule has 0 N–H and O–H groups in total. The number of fused-ring (bicyclic) bond motifs is 1. The third-order valence-electron chi connectivity index (χ3n) is 2.93. The van der Waals surface area contributed by atoms with Crippen molar-refractivity contribution in [2.75, 3.05) is 7.11 Å². The Morgan fingerprint density at radius 1 is 1.24 bits per heavy atom. The van der Waals surface area contributed by atoms with Crippen LogP contribution in [0.1, 0.15) is 18.4 Å². The Labute approximate surface area is 99.6 Å². The van der Waals surface area contributed by atoms with Crippen LogP contribution in [0.25, 0.3) is 10.8 Å². The lowest BCUT2D eigenvalue weighted by Gasteiger charge is -2.18. The Morgan fingerprint density at radius 3 is 2.59 bits per heavy atom. The van der Waals surface area contributed by atoms with Crippen LogP contribution in [0.4, 0.5) is 0 Å². The van der Waals surface area contributed by atoms with Gasteiger partial charge < -0.3 is 14.6 Å². The molecule has 0 spiro atoms. The molecule has 1 unspecified atom stereocenters. The van der Waals surface area contributed by atoms with Crippen molar-refractivity contribution in [2.24, 2.45) is 0 Å². The lowest BCUT2D eigenvalue weighted by Crippen LogP contribution is -2.28. The SMILES string of the molecule is COc1c(C(C)C(=O)[O-])ccc2ccccc12. The molecule has 1 atom stereocenters. The van der Waals surface area contributed by atoms with Gasteiger partial charge in [-0.1, -0.05) is 43.3 Å². The van der Waals surface area contributed by atoms with Gasteiger partial charge in [-0.05, 0) is 5.39 Å². The van der Waals surface area contributed by atoms with Crippen LogP contribution in [0.3, 0.4) is 0 Å². The van der Waals surface area contributed by atoms with Gasteiger partial charge in [0.1, 0.15) is 5.75 Å². The van der Waals surface area contributed by atoms with E-state index in [0.29, 0.717) is 11.3 Å². The van der Waals surface area contributed by atoms with Crippen molar-refractivity contribution in [3.05, 3.63) is 42.0 Å². The van der Waals surface area contributed by atoms with E-state index in [2.05, 4.69) is 0 Å². The summed E-state index contributed by atoms with van der Waals surface area (Å²) in [6.45, 7) is 1.60. The minimum absolute atomic E-state index is 0.611. The number of carboxylic acids is 1.